The number of hydrogen-bond acceptors (Lipinski definition) is 3. The summed E-state index contributed by atoms with van der Waals surface area (Å²) in [5.74, 6) is 0.541. The van der Waals surface area contributed by atoms with Crippen molar-refractivity contribution >= 4 is 5.91 Å². The van der Waals surface area contributed by atoms with Crippen LogP contribution in [-0.2, 0) is 7.05 Å². The van der Waals surface area contributed by atoms with Gasteiger partial charge in [-0.25, -0.2) is 4.98 Å². The van der Waals surface area contributed by atoms with Crippen LogP contribution >= 0.6 is 0 Å². The highest BCUT2D eigenvalue weighted by Crippen LogP contribution is 2.20. The van der Waals surface area contributed by atoms with Crippen molar-refractivity contribution in [3.05, 3.63) is 89.5 Å². The molecule has 0 bridgehead atoms. The summed E-state index contributed by atoms with van der Waals surface area (Å²) in [6, 6.07) is 18.0. The number of aromatic nitrogens is 2. The van der Waals surface area contributed by atoms with Gasteiger partial charge in [-0.05, 0) is 29.8 Å². The van der Waals surface area contributed by atoms with Gasteiger partial charge in [0.25, 0.3) is 5.91 Å². The summed E-state index contributed by atoms with van der Waals surface area (Å²) in [5.41, 5.74) is 1.98. The summed E-state index contributed by atoms with van der Waals surface area (Å²) in [7, 11) is 1.89. The first-order chi connectivity index (χ1) is 11.7. The number of aryl methyl sites for hydroxylation is 1. The zero-order valence-corrected chi connectivity index (χ0v) is 13.2. The Morgan fingerprint density at radius 2 is 1.88 bits per heavy atom. The molecule has 2 aromatic carbocycles. The minimum Gasteiger partial charge on any atom is -0.338 e. The lowest BCUT2D eigenvalue weighted by Gasteiger charge is -2.19. The smallest absolute Gasteiger partial charge is 0.252 e. The first-order valence-corrected chi connectivity index (χ1v) is 7.52. The van der Waals surface area contributed by atoms with Crippen LogP contribution in [0, 0.1) is 11.3 Å². The Balaban J connectivity index is 1.91. The Hall–Kier alpha value is -3.39. The predicted octanol–water partition coefficient (Wildman–Crippen LogP) is 2.81. The van der Waals surface area contributed by atoms with Crippen molar-refractivity contribution in [2.45, 2.75) is 6.04 Å². The number of carbonyl (C=O) groups is 1. The van der Waals surface area contributed by atoms with Crippen LogP contribution in [0.2, 0.25) is 0 Å². The normalized spacial score (nSPS) is 11.5. The topological polar surface area (TPSA) is 70.7 Å². The summed E-state index contributed by atoms with van der Waals surface area (Å²) in [6.45, 7) is 0. The fraction of sp³-hybridized carbons (Fsp3) is 0.105. The van der Waals surface area contributed by atoms with Gasteiger partial charge in [0.15, 0.2) is 0 Å². The summed E-state index contributed by atoms with van der Waals surface area (Å²) in [6.07, 6.45) is 3.55. The lowest BCUT2D eigenvalue weighted by molar-refractivity contribution is 0.0941. The quantitative estimate of drug-likeness (QED) is 0.804. The summed E-state index contributed by atoms with van der Waals surface area (Å²) in [5, 5.41) is 11.9. The highest BCUT2D eigenvalue weighted by molar-refractivity contribution is 5.94. The van der Waals surface area contributed by atoms with E-state index in [2.05, 4.69) is 10.3 Å². The molecule has 3 rings (SSSR count). The van der Waals surface area contributed by atoms with Gasteiger partial charge in [-0.3, -0.25) is 4.79 Å². The van der Waals surface area contributed by atoms with Gasteiger partial charge in [0, 0.05) is 25.0 Å². The van der Waals surface area contributed by atoms with E-state index in [4.69, 9.17) is 5.26 Å². The molecular formula is C19H16N4O. The van der Waals surface area contributed by atoms with E-state index in [0.29, 0.717) is 11.1 Å². The fourth-order valence-electron chi connectivity index (χ4n) is 2.51. The minimum atomic E-state index is -0.352. The highest BCUT2D eigenvalue weighted by Gasteiger charge is 2.21. The van der Waals surface area contributed by atoms with Crippen molar-refractivity contribution in [1.29, 1.82) is 5.26 Å². The Bertz CT molecular complexity index is 876. The van der Waals surface area contributed by atoms with Crippen LogP contribution in [-0.4, -0.2) is 15.5 Å². The van der Waals surface area contributed by atoms with E-state index in [9.17, 15) is 4.79 Å². The minimum absolute atomic E-state index is 0.212. The number of amides is 1. The van der Waals surface area contributed by atoms with Gasteiger partial charge in [0.05, 0.1) is 11.6 Å². The van der Waals surface area contributed by atoms with E-state index < -0.39 is 0 Å². The molecule has 118 valence electrons. The van der Waals surface area contributed by atoms with Gasteiger partial charge in [-0.15, -0.1) is 0 Å². The van der Waals surface area contributed by atoms with E-state index in [0.717, 1.165) is 11.4 Å². The Kier molecular flexibility index (Phi) is 4.39. The van der Waals surface area contributed by atoms with Gasteiger partial charge < -0.3 is 9.88 Å². The van der Waals surface area contributed by atoms with Crippen molar-refractivity contribution in [2.75, 3.05) is 0 Å². The lowest BCUT2D eigenvalue weighted by Crippen LogP contribution is -2.31. The molecule has 1 heterocycles. The SMILES string of the molecule is Cn1ccnc1[C@@H](NC(=O)c1ccc(C#N)cc1)c1ccccc1. The van der Waals surface area contributed by atoms with Gasteiger partial charge in [0.2, 0.25) is 0 Å². The van der Waals surface area contributed by atoms with Gasteiger partial charge in [-0.1, -0.05) is 30.3 Å². The molecule has 0 aliphatic heterocycles. The van der Waals surface area contributed by atoms with Crippen LogP contribution in [0.1, 0.15) is 33.4 Å². The van der Waals surface area contributed by atoms with Crippen molar-refractivity contribution in [3.63, 3.8) is 0 Å². The molecule has 0 unspecified atom stereocenters. The Morgan fingerprint density at radius 3 is 2.46 bits per heavy atom. The Morgan fingerprint density at radius 1 is 1.17 bits per heavy atom. The van der Waals surface area contributed by atoms with Crippen LogP contribution in [0.4, 0.5) is 0 Å². The zero-order valence-electron chi connectivity index (χ0n) is 13.2. The molecule has 0 saturated heterocycles. The van der Waals surface area contributed by atoms with Crippen molar-refractivity contribution in [2.24, 2.45) is 7.05 Å². The summed E-state index contributed by atoms with van der Waals surface area (Å²) >= 11 is 0. The molecule has 1 atom stereocenters. The zero-order chi connectivity index (χ0) is 16.9. The third-order valence-electron chi connectivity index (χ3n) is 3.80. The third kappa shape index (κ3) is 3.18. The second kappa shape index (κ2) is 6.80. The second-order valence-corrected chi connectivity index (χ2v) is 5.40. The number of nitrogens with zero attached hydrogens (tertiary/aromatic N) is 3. The average molecular weight is 316 g/mol. The number of hydrogen-bond donors (Lipinski definition) is 1. The molecule has 5 heteroatoms. The molecule has 1 amide bonds. The maximum atomic E-state index is 12.6. The van der Waals surface area contributed by atoms with E-state index in [1.165, 1.54) is 0 Å². The molecule has 0 fully saturated rings. The van der Waals surface area contributed by atoms with Crippen LogP contribution in [0.25, 0.3) is 0 Å². The van der Waals surface area contributed by atoms with Crippen molar-refractivity contribution in [3.8, 4) is 6.07 Å². The van der Waals surface area contributed by atoms with Crippen LogP contribution in [0.5, 0.6) is 0 Å². The van der Waals surface area contributed by atoms with E-state index in [1.807, 2.05) is 54.2 Å². The number of rotatable bonds is 4. The van der Waals surface area contributed by atoms with Crippen LogP contribution in [0.15, 0.2) is 67.0 Å². The lowest BCUT2D eigenvalue weighted by atomic mass is 10.0. The monoisotopic (exact) mass is 316 g/mol. The third-order valence-corrected chi connectivity index (χ3v) is 3.80. The molecular weight excluding hydrogens is 300 g/mol. The van der Waals surface area contributed by atoms with E-state index in [-0.39, 0.29) is 11.9 Å². The summed E-state index contributed by atoms with van der Waals surface area (Å²) in [4.78, 5) is 17.0. The molecule has 0 aliphatic rings. The molecule has 1 N–H and O–H groups in total. The number of imidazole rings is 1. The van der Waals surface area contributed by atoms with E-state index >= 15 is 0 Å². The number of nitriles is 1. The molecule has 0 spiro atoms. The molecule has 3 aromatic rings. The van der Waals surface area contributed by atoms with Crippen molar-refractivity contribution in [1.82, 2.24) is 14.9 Å². The van der Waals surface area contributed by atoms with Crippen LogP contribution < -0.4 is 5.32 Å². The first-order valence-electron chi connectivity index (χ1n) is 7.52. The summed E-state index contributed by atoms with van der Waals surface area (Å²) < 4.78 is 1.89. The number of carbonyl (C=O) groups excluding carboxylic acids is 1. The van der Waals surface area contributed by atoms with E-state index in [1.54, 1.807) is 30.5 Å². The largest absolute Gasteiger partial charge is 0.338 e. The van der Waals surface area contributed by atoms with Gasteiger partial charge in [0.1, 0.15) is 11.9 Å². The fourth-order valence-corrected chi connectivity index (χ4v) is 2.51. The molecule has 5 nitrogen and oxygen atoms in total. The van der Waals surface area contributed by atoms with Crippen LogP contribution in [0.3, 0.4) is 0 Å². The average Bonchev–Trinajstić information content (AvgIpc) is 3.06. The standard InChI is InChI=1S/C19H16N4O/c1-23-12-11-21-18(23)17(15-5-3-2-4-6-15)22-19(24)16-9-7-14(13-20)8-10-16/h2-12,17H,1H3,(H,22,24)/t17-/m0/s1. The van der Waals surface area contributed by atoms with Gasteiger partial charge >= 0.3 is 0 Å². The highest BCUT2D eigenvalue weighted by atomic mass is 16.1. The molecule has 1 aromatic heterocycles. The maximum Gasteiger partial charge on any atom is 0.252 e. The van der Waals surface area contributed by atoms with Crippen molar-refractivity contribution < 1.29 is 4.79 Å². The van der Waals surface area contributed by atoms with Gasteiger partial charge in [-0.2, -0.15) is 5.26 Å². The maximum absolute atomic E-state index is 12.6. The first kappa shape index (κ1) is 15.5. The molecule has 24 heavy (non-hydrogen) atoms. The molecule has 0 aliphatic carbocycles. The molecule has 0 saturated carbocycles. The second-order valence-electron chi connectivity index (χ2n) is 5.40. The Labute approximate surface area is 140 Å². The molecule has 0 radical (unpaired) electrons. The number of benzene rings is 2. The number of nitrogens with one attached hydrogen (secondary N) is 1. The predicted molar refractivity (Wildman–Crippen MR) is 90.1 cm³/mol.